The highest BCUT2D eigenvalue weighted by atomic mass is 19.3. The van der Waals surface area contributed by atoms with Gasteiger partial charge in [-0.2, -0.15) is 8.78 Å². The van der Waals surface area contributed by atoms with Gasteiger partial charge < -0.3 is 9.30 Å². The van der Waals surface area contributed by atoms with Crippen molar-refractivity contribution in [3.8, 4) is 0 Å². The van der Waals surface area contributed by atoms with Gasteiger partial charge in [0.05, 0.1) is 16.4 Å². The number of carbonyl (C=O) groups is 1. The number of aromatic nitrogens is 2. The van der Waals surface area contributed by atoms with Gasteiger partial charge >= 0.3 is 11.9 Å². The molecule has 6 heteroatoms. The molecule has 0 radical (unpaired) electrons. The molecule has 0 saturated heterocycles. The number of rotatable bonds is 1. The quantitative estimate of drug-likeness (QED) is 0.734. The third-order valence-electron chi connectivity index (χ3n) is 4.24. The predicted molar refractivity (Wildman–Crippen MR) is 86.9 cm³/mol. The summed E-state index contributed by atoms with van der Waals surface area (Å²) in [5.74, 6) is -4.06. The molecular weight excluding hydrogens is 314 g/mol. The molecule has 3 rings (SSSR count). The van der Waals surface area contributed by atoms with Crippen molar-refractivity contribution in [3.63, 3.8) is 0 Å². The van der Waals surface area contributed by atoms with E-state index in [0.29, 0.717) is 11.0 Å². The Morgan fingerprint density at radius 2 is 2.00 bits per heavy atom. The van der Waals surface area contributed by atoms with Crippen LogP contribution in [0, 0.1) is 12.3 Å². The van der Waals surface area contributed by atoms with E-state index in [2.05, 4.69) is 4.98 Å². The van der Waals surface area contributed by atoms with Gasteiger partial charge in [-0.3, -0.25) is 4.79 Å². The highest BCUT2D eigenvalue weighted by molar-refractivity contribution is 5.80. The Hall–Kier alpha value is -1.98. The number of hydrogen-bond donors (Lipinski definition) is 0. The predicted octanol–water partition coefficient (Wildman–Crippen LogP) is 4.19. The first kappa shape index (κ1) is 16.9. The van der Waals surface area contributed by atoms with Crippen LogP contribution >= 0.6 is 0 Å². The third kappa shape index (κ3) is 2.78. The van der Waals surface area contributed by atoms with Crippen LogP contribution in [0.4, 0.5) is 8.78 Å². The van der Waals surface area contributed by atoms with Crippen molar-refractivity contribution in [2.45, 2.75) is 59.1 Å². The van der Waals surface area contributed by atoms with E-state index < -0.39 is 29.3 Å². The molecule has 24 heavy (non-hydrogen) atoms. The molecule has 0 saturated carbocycles. The second kappa shape index (κ2) is 5.01. The highest BCUT2D eigenvalue weighted by Gasteiger charge is 2.53. The number of fused-ring (bicyclic) bond motifs is 3. The lowest BCUT2D eigenvalue weighted by Gasteiger charge is -2.38. The van der Waals surface area contributed by atoms with Gasteiger partial charge in [0, 0.05) is 13.0 Å². The monoisotopic (exact) mass is 336 g/mol. The number of ether oxygens (including phenoxy) is 1. The first-order valence-electron chi connectivity index (χ1n) is 8.00. The second-order valence-corrected chi connectivity index (χ2v) is 7.96. The Labute approximate surface area is 139 Å². The zero-order valence-electron chi connectivity index (χ0n) is 14.6. The van der Waals surface area contributed by atoms with E-state index in [4.69, 9.17) is 4.74 Å². The van der Waals surface area contributed by atoms with E-state index in [0.717, 1.165) is 5.56 Å². The molecule has 1 aliphatic heterocycles. The summed E-state index contributed by atoms with van der Waals surface area (Å²) in [6.07, 6.45) is -0.600. The van der Waals surface area contributed by atoms with Gasteiger partial charge in [-0.05, 0) is 52.3 Å². The van der Waals surface area contributed by atoms with Crippen LogP contribution in [-0.2, 0) is 22.0 Å². The van der Waals surface area contributed by atoms with Crippen LogP contribution < -0.4 is 0 Å². The number of hydrogen-bond acceptors (Lipinski definition) is 3. The molecule has 0 aliphatic carbocycles. The van der Waals surface area contributed by atoms with Gasteiger partial charge in [0.25, 0.3) is 0 Å². The Kier molecular flexibility index (Phi) is 3.52. The van der Waals surface area contributed by atoms with E-state index in [1.807, 2.05) is 13.0 Å². The van der Waals surface area contributed by atoms with Crippen LogP contribution in [0.1, 0.15) is 45.5 Å². The molecule has 0 bridgehead atoms. The lowest BCUT2D eigenvalue weighted by molar-refractivity contribution is -0.178. The first-order chi connectivity index (χ1) is 10.9. The van der Waals surface area contributed by atoms with E-state index in [1.54, 1.807) is 32.9 Å². The van der Waals surface area contributed by atoms with Crippen LogP contribution in [0.15, 0.2) is 18.2 Å². The first-order valence-corrected chi connectivity index (χ1v) is 8.00. The number of alkyl halides is 2. The molecule has 0 fully saturated rings. The van der Waals surface area contributed by atoms with E-state index in [1.165, 1.54) is 11.5 Å². The molecule has 1 aromatic heterocycles. The molecule has 0 N–H and O–H groups in total. The maximum absolute atomic E-state index is 14.7. The van der Waals surface area contributed by atoms with Gasteiger partial charge in [0.1, 0.15) is 5.60 Å². The minimum atomic E-state index is -3.18. The molecule has 0 spiro atoms. The average Bonchev–Trinajstić information content (AvgIpc) is 2.74. The zero-order chi connectivity index (χ0) is 17.9. The molecule has 2 aromatic rings. The molecule has 0 amide bonds. The fourth-order valence-corrected chi connectivity index (χ4v) is 3.19. The minimum Gasteiger partial charge on any atom is -0.459 e. The van der Waals surface area contributed by atoms with Crippen molar-refractivity contribution in [2.24, 2.45) is 5.41 Å². The van der Waals surface area contributed by atoms with Crippen molar-refractivity contribution < 1.29 is 18.3 Å². The molecule has 1 unspecified atom stereocenters. The van der Waals surface area contributed by atoms with E-state index in [9.17, 15) is 13.6 Å². The fraction of sp³-hybridized carbons (Fsp3) is 0.556. The second-order valence-electron chi connectivity index (χ2n) is 7.96. The normalized spacial score (nSPS) is 23.1. The van der Waals surface area contributed by atoms with Crippen LogP contribution in [0.25, 0.3) is 11.0 Å². The smallest absolute Gasteiger partial charge is 0.314 e. The summed E-state index contributed by atoms with van der Waals surface area (Å²) in [5, 5.41) is 0. The van der Waals surface area contributed by atoms with Crippen molar-refractivity contribution in [2.75, 3.05) is 0 Å². The summed E-state index contributed by atoms with van der Waals surface area (Å²) in [4.78, 5) is 16.7. The zero-order valence-corrected chi connectivity index (χ0v) is 14.6. The molecule has 1 aliphatic rings. The van der Waals surface area contributed by atoms with Gasteiger partial charge in [-0.25, -0.2) is 4.98 Å². The van der Waals surface area contributed by atoms with Gasteiger partial charge in [0.2, 0.25) is 0 Å². The van der Waals surface area contributed by atoms with Crippen LogP contribution in [-0.4, -0.2) is 21.1 Å². The highest BCUT2D eigenvalue weighted by Crippen LogP contribution is 2.47. The number of esters is 1. The largest absolute Gasteiger partial charge is 0.459 e. The SMILES string of the molecule is Cc1ccc2c(c1)nc1n2CC(C)(C(=O)OC(C)(C)C)CC1(F)F. The minimum absolute atomic E-state index is 0.131. The molecule has 2 heterocycles. The standard InChI is InChI=1S/C18H22F2N2O2/c1-11-6-7-13-12(8-11)21-14-18(19,20)9-17(5,10-22(13)14)15(23)24-16(2,3)4/h6-8H,9-10H2,1-5H3. The van der Waals surface area contributed by atoms with Crippen molar-refractivity contribution >= 4 is 17.0 Å². The molecular formula is C18H22F2N2O2. The Balaban J connectivity index is 2.09. The van der Waals surface area contributed by atoms with Crippen molar-refractivity contribution in [3.05, 3.63) is 29.6 Å². The fourth-order valence-electron chi connectivity index (χ4n) is 3.19. The molecule has 1 atom stereocenters. The Morgan fingerprint density at radius 3 is 2.62 bits per heavy atom. The van der Waals surface area contributed by atoms with Gasteiger partial charge in [-0.1, -0.05) is 6.07 Å². The van der Waals surface area contributed by atoms with Gasteiger partial charge in [-0.15, -0.1) is 0 Å². The number of aryl methyl sites for hydroxylation is 1. The number of imidazole rings is 1. The van der Waals surface area contributed by atoms with E-state index in [-0.39, 0.29) is 12.4 Å². The maximum atomic E-state index is 14.7. The van der Waals surface area contributed by atoms with Crippen LogP contribution in [0.5, 0.6) is 0 Å². The lowest BCUT2D eigenvalue weighted by atomic mass is 9.80. The molecule has 130 valence electrons. The summed E-state index contributed by atoms with van der Waals surface area (Å²) in [7, 11) is 0. The number of nitrogens with zero attached hydrogens (tertiary/aromatic N) is 2. The third-order valence-corrected chi connectivity index (χ3v) is 4.24. The summed E-state index contributed by atoms with van der Waals surface area (Å²) >= 11 is 0. The number of benzene rings is 1. The Bertz CT molecular complexity index is 820. The average molecular weight is 336 g/mol. The number of carbonyl (C=O) groups excluding carboxylic acids is 1. The van der Waals surface area contributed by atoms with Crippen LogP contribution in [0.3, 0.4) is 0 Å². The lowest BCUT2D eigenvalue weighted by Crippen LogP contribution is -2.46. The summed E-state index contributed by atoms with van der Waals surface area (Å²) < 4.78 is 36.3. The maximum Gasteiger partial charge on any atom is 0.314 e. The van der Waals surface area contributed by atoms with Crippen LogP contribution in [0.2, 0.25) is 0 Å². The number of halogens is 2. The summed E-state index contributed by atoms with van der Waals surface area (Å²) in [5.41, 5.74) is 0.0746. The molecule has 1 aromatic carbocycles. The van der Waals surface area contributed by atoms with Gasteiger partial charge in [0.15, 0.2) is 5.82 Å². The van der Waals surface area contributed by atoms with Crippen molar-refractivity contribution in [1.29, 1.82) is 0 Å². The summed E-state index contributed by atoms with van der Waals surface area (Å²) in [6.45, 7) is 8.76. The molecule has 4 nitrogen and oxygen atoms in total. The Morgan fingerprint density at radius 1 is 1.33 bits per heavy atom. The topological polar surface area (TPSA) is 44.1 Å². The van der Waals surface area contributed by atoms with Crippen molar-refractivity contribution in [1.82, 2.24) is 9.55 Å². The summed E-state index contributed by atoms with van der Waals surface area (Å²) in [6, 6.07) is 5.41. The van der Waals surface area contributed by atoms with E-state index >= 15 is 0 Å².